The van der Waals surface area contributed by atoms with Crippen molar-refractivity contribution in [2.24, 2.45) is 0 Å². The van der Waals surface area contributed by atoms with Crippen LogP contribution in [-0.4, -0.2) is 72.2 Å². The number of likely N-dealkylation sites (tertiary alicyclic amines) is 2. The number of carbonyl (C=O) groups excluding carboxylic acids is 2. The molecule has 2 fully saturated rings. The first-order chi connectivity index (χ1) is 10.7. The van der Waals surface area contributed by atoms with Crippen molar-refractivity contribution >= 4 is 11.8 Å². The first kappa shape index (κ1) is 17.2. The van der Waals surface area contributed by atoms with Gasteiger partial charge >= 0.3 is 0 Å². The first-order valence-corrected chi connectivity index (χ1v) is 8.48. The molecule has 2 amide bonds. The average molecular weight is 312 g/mol. The average Bonchev–Trinajstić information content (AvgIpc) is 2.53. The van der Waals surface area contributed by atoms with Crippen molar-refractivity contribution in [1.82, 2.24) is 9.80 Å². The Hall–Kier alpha value is -1.14. The maximum atomic E-state index is 12.4. The van der Waals surface area contributed by atoms with Crippen molar-refractivity contribution in [3.05, 3.63) is 0 Å². The van der Waals surface area contributed by atoms with Crippen LogP contribution in [0.1, 0.15) is 44.9 Å². The van der Waals surface area contributed by atoms with Crippen molar-refractivity contribution < 1.29 is 19.4 Å². The maximum Gasteiger partial charge on any atom is 0.242 e. The van der Waals surface area contributed by atoms with Gasteiger partial charge in [0.25, 0.3) is 0 Å². The molecule has 6 heteroatoms. The van der Waals surface area contributed by atoms with Crippen LogP contribution in [-0.2, 0) is 14.3 Å². The van der Waals surface area contributed by atoms with E-state index < -0.39 is 0 Å². The van der Waals surface area contributed by atoms with Crippen LogP contribution in [0.5, 0.6) is 0 Å². The highest BCUT2D eigenvalue weighted by Gasteiger charge is 2.26. The molecule has 126 valence electrons. The normalized spacial score (nSPS) is 21.6. The van der Waals surface area contributed by atoms with Crippen LogP contribution in [0.3, 0.4) is 0 Å². The molecule has 0 radical (unpaired) electrons. The van der Waals surface area contributed by atoms with Crippen LogP contribution in [0.15, 0.2) is 0 Å². The predicted molar refractivity (Wildman–Crippen MR) is 82.3 cm³/mol. The molecule has 0 unspecified atom stereocenters. The van der Waals surface area contributed by atoms with Gasteiger partial charge in [-0.3, -0.25) is 9.59 Å². The molecule has 2 aliphatic heterocycles. The fraction of sp³-hybridized carbons (Fsp3) is 0.875. The third-order valence-electron chi connectivity index (χ3n) is 4.49. The Labute approximate surface area is 132 Å². The molecule has 0 aromatic heterocycles. The van der Waals surface area contributed by atoms with Crippen LogP contribution < -0.4 is 0 Å². The Morgan fingerprint density at radius 3 is 2.59 bits per heavy atom. The Bertz CT molecular complexity index is 367. The molecule has 2 saturated heterocycles. The zero-order chi connectivity index (χ0) is 15.8. The number of piperidine rings is 1. The summed E-state index contributed by atoms with van der Waals surface area (Å²) in [6, 6.07) is 0. The van der Waals surface area contributed by atoms with Crippen molar-refractivity contribution in [3.8, 4) is 0 Å². The van der Waals surface area contributed by atoms with E-state index >= 15 is 0 Å². The number of hydrogen-bond acceptors (Lipinski definition) is 4. The van der Waals surface area contributed by atoms with Crippen molar-refractivity contribution in [1.29, 1.82) is 0 Å². The second kappa shape index (κ2) is 9.10. The SMILES string of the molecule is O=C(CN1CCCCCCC1=O)N1CCC(OCCO)CC1. The quantitative estimate of drug-likeness (QED) is 0.814. The van der Waals surface area contributed by atoms with Gasteiger partial charge < -0.3 is 19.6 Å². The summed E-state index contributed by atoms with van der Waals surface area (Å²) in [5, 5.41) is 8.76. The molecular formula is C16H28N2O4. The molecule has 0 bridgehead atoms. The summed E-state index contributed by atoms with van der Waals surface area (Å²) in [5.74, 6) is 0.170. The van der Waals surface area contributed by atoms with E-state index in [9.17, 15) is 9.59 Å². The lowest BCUT2D eigenvalue weighted by molar-refractivity contribution is -0.142. The number of aliphatic hydroxyl groups is 1. The number of amides is 2. The number of hydrogen-bond donors (Lipinski definition) is 1. The van der Waals surface area contributed by atoms with Crippen LogP contribution in [0.25, 0.3) is 0 Å². The topological polar surface area (TPSA) is 70.1 Å². The van der Waals surface area contributed by atoms with Crippen LogP contribution in [0.4, 0.5) is 0 Å². The molecule has 0 aromatic rings. The minimum absolute atomic E-state index is 0.0379. The fourth-order valence-electron chi connectivity index (χ4n) is 3.14. The zero-order valence-electron chi connectivity index (χ0n) is 13.3. The number of ether oxygens (including phenoxy) is 1. The van der Waals surface area contributed by atoms with Gasteiger partial charge in [0, 0.05) is 26.1 Å². The van der Waals surface area contributed by atoms with Crippen LogP contribution in [0.2, 0.25) is 0 Å². The molecule has 6 nitrogen and oxygen atoms in total. The molecule has 0 atom stereocenters. The molecule has 0 aliphatic carbocycles. The van der Waals surface area contributed by atoms with Gasteiger partial charge in [0.1, 0.15) is 0 Å². The smallest absolute Gasteiger partial charge is 0.242 e. The van der Waals surface area contributed by atoms with E-state index in [1.165, 1.54) is 0 Å². The number of carbonyl (C=O) groups is 2. The highest BCUT2D eigenvalue weighted by molar-refractivity contribution is 5.85. The molecule has 0 saturated carbocycles. The van der Waals surface area contributed by atoms with E-state index in [1.807, 2.05) is 4.90 Å². The summed E-state index contributed by atoms with van der Waals surface area (Å²) >= 11 is 0. The van der Waals surface area contributed by atoms with Crippen molar-refractivity contribution in [2.75, 3.05) is 39.4 Å². The van der Waals surface area contributed by atoms with E-state index in [0.717, 1.165) is 38.5 Å². The van der Waals surface area contributed by atoms with E-state index in [0.29, 0.717) is 32.7 Å². The minimum atomic E-state index is 0.0379. The summed E-state index contributed by atoms with van der Waals surface area (Å²) in [7, 11) is 0. The van der Waals surface area contributed by atoms with Crippen LogP contribution in [0, 0.1) is 0 Å². The van der Waals surface area contributed by atoms with E-state index in [2.05, 4.69) is 0 Å². The fourth-order valence-corrected chi connectivity index (χ4v) is 3.14. The number of rotatable bonds is 5. The molecule has 1 N–H and O–H groups in total. The third-order valence-corrected chi connectivity index (χ3v) is 4.49. The highest BCUT2D eigenvalue weighted by Crippen LogP contribution is 2.15. The standard InChI is InChI=1S/C16H28N2O4/c19-11-12-22-14-6-9-17(10-7-14)16(21)13-18-8-4-2-1-3-5-15(18)20/h14,19H,1-13H2. The van der Waals surface area contributed by atoms with Gasteiger partial charge in [-0.25, -0.2) is 0 Å². The molecule has 22 heavy (non-hydrogen) atoms. The van der Waals surface area contributed by atoms with Crippen molar-refractivity contribution in [2.45, 2.75) is 51.0 Å². The summed E-state index contributed by atoms with van der Waals surface area (Å²) in [5.41, 5.74) is 0. The van der Waals surface area contributed by atoms with Crippen LogP contribution >= 0.6 is 0 Å². The number of aliphatic hydroxyl groups excluding tert-OH is 1. The van der Waals surface area contributed by atoms with Gasteiger partial charge in [-0.1, -0.05) is 12.8 Å². The van der Waals surface area contributed by atoms with E-state index in [1.54, 1.807) is 4.90 Å². The van der Waals surface area contributed by atoms with Crippen molar-refractivity contribution in [3.63, 3.8) is 0 Å². The Morgan fingerprint density at radius 2 is 1.86 bits per heavy atom. The minimum Gasteiger partial charge on any atom is -0.394 e. The maximum absolute atomic E-state index is 12.4. The summed E-state index contributed by atoms with van der Waals surface area (Å²) in [6.07, 6.45) is 6.52. The zero-order valence-corrected chi connectivity index (χ0v) is 13.3. The highest BCUT2D eigenvalue weighted by atomic mass is 16.5. The van der Waals surface area contributed by atoms with Gasteiger partial charge in [-0.2, -0.15) is 0 Å². The Kier molecular flexibility index (Phi) is 7.12. The number of nitrogens with zero attached hydrogens (tertiary/aromatic N) is 2. The van der Waals surface area contributed by atoms with Gasteiger partial charge in [0.15, 0.2) is 0 Å². The van der Waals surface area contributed by atoms with E-state index in [4.69, 9.17) is 9.84 Å². The lowest BCUT2D eigenvalue weighted by Gasteiger charge is -2.34. The predicted octanol–water partition coefficient (Wildman–Crippen LogP) is 0.779. The molecule has 0 spiro atoms. The Balaban J connectivity index is 1.76. The Morgan fingerprint density at radius 1 is 1.14 bits per heavy atom. The molecule has 0 aromatic carbocycles. The summed E-state index contributed by atoms with van der Waals surface area (Å²) in [6.45, 7) is 2.69. The van der Waals surface area contributed by atoms with Gasteiger partial charge in [0.05, 0.1) is 25.9 Å². The van der Waals surface area contributed by atoms with Gasteiger partial charge in [0.2, 0.25) is 11.8 Å². The largest absolute Gasteiger partial charge is 0.394 e. The molecular weight excluding hydrogens is 284 g/mol. The lowest BCUT2D eigenvalue weighted by atomic mass is 10.1. The van der Waals surface area contributed by atoms with E-state index in [-0.39, 0.29) is 31.1 Å². The molecule has 2 aliphatic rings. The molecule has 2 rings (SSSR count). The third kappa shape index (κ3) is 5.25. The second-order valence-corrected chi connectivity index (χ2v) is 6.15. The van der Waals surface area contributed by atoms with Gasteiger partial charge in [-0.05, 0) is 25.7 Å². The summed E-state index contributed by atoms with van der Waals surface area (Å²) < 4.78 is 5.51. The lowest BCUT2D eigenvalue weighted by Crippen LogP contribution is -2.47. The van der Waals surface area contributed by atoms with Gasteiger partial charge in [-0.15, -0.1) is 0 Å². The molecule has 2 heterocycles. The monoisotopic (exact) mass is 312 g/mol. The second-order valence-electron chi connectivity index (χ2n) is 6.15. The first-order valence-electron chi connectivity index (χ1n) is 8.48. The summed E-state index contributed by atoms with van der Waals surface area (Å²) in [4.78, 5) is 28.0.